The summed E-state index contributed by atoms with van der Waals surface area (Å²) in [7, 11) is 3.00. The summed E-state index contributed by atoms with van der Waals surface area (Å²) in [5.74, 6) is 0.496. The average Bonchev–Trinajstić information content (AvgIpc) is 2.99. The molecule has 1 aromatic carbocycles. The molecule has 0 radical (unpaired) electrons. The van der Waals surface area contributed by atoms with Crippen LogP contribution in [-0.2, 0) is 0 Å². The van der Waals surface area contributed by atoms with E-state index in [1.165, 1.54) is 20.6 Å². The van der Waals surface area contributed by atoms with Gasteiger partial charge in [0.15, 0.2) is 5.75 Å². The predicted octanol–water partition coefficient (Wildman–Crippen LogP) is 3.33. The lowest BCUT2D eigenvalue weighted by atomic mass is 10.1. The van der Waals surface area contributed by atoms with Gasteiger partial charge in [0.25, 0.3) is 5.91 Å². The van der Waals surface area contributed by atoms with Gasteiger partial charge in [0.05, 0.1) is 23.7 Å². The largest absolute Gasteiger partial charge is 0.495 e. The Hall–Kier alpha value is -0.980. The minimum absolute atomic E-state index is 0.246. The number of likely N-dealkylation sites (tertiary alicyclic amines) is 1. The Bertz CT molecular complexity index is 555. The van der Waals surface area contributed by atoms with Gasteiger partial charge in [-0.2, -0.15) is 0 Å². The van der Waals surface area contributed by atoms with Gasteiger partial charge in [0, 0.05) is 12.6 Å². The van der Waals surface area contributed by atoms with Crippen LogP contribution in [0.3, 0.4) is 0 Å². The van der Waals surface area contributed by atoms with Crippen molar-refractivity contribution in [2.75, 3.05) is 33.9 Å². The normalized spacial score (nSPS) is 18.0. The summed E-state index contributed by atoms with van der Waals surface area (Å²) in [6, 6.07) is 2.04. The predicted molar refractivity (Wildman–Crippen MR) is 94.9 cm³/mol. The van der Waals surface area contributed by atoms with Gasteiger partial charge in [-0.1, -0.05) is 18.5 Å². The smallest absolute Gasteiger partial charge is 0.259 e. The Morgan fingerprint density at radius 3 is 2.74 bits per heavy atom. The fourth-order valence-corrected chi connectivity index (χ4v) is 4.03. The standard InChI is InChI=1S/C16H22BrClN2O3/c1-4-20-7-5-6-10(20)9-19-16(21)13-14(22-2)11(17)8-12(18)15(13)23-3/h8,10H,4-7,9H2,1-3H3,(H,19,21)/t10-/m1/s1. The molecule has 1 fully saturated rings. The molecule has 0 bridgehead atoms. The second-order valence-electron chi connectivity index (χ2n) is 5.42. The van der Waals surface area contributed by atoms with Crippen molar-refractivity contribution in [3.05, 3.63) is 21.1 Å². The summed E-state index contributed by atoms with van der Waals surface area (Å²) in [6.45, 7) is 4.83. The highest BCUT2D eigenvalue weighted by molar-refractivity contribution is 9.10. The van der Waals surface area contributed by atoms with E-state index >= 15 is 0 Å². The average molecular weight is 406 g/mol. The van der Waals surface area contributed by atoms with E-state index in [-0.39, 0.29) is 5.91 Å². The zero-order valence-corrected chi connectivity index (χ0v) is 16.0. The maximum atomic E-state index is 12.7. The first-order chi connectivity index (χ1) is 11.0. The van der Waals surface area contributed by atoms with Crippen molar-refractivity contribution in [3.8, 4) is 11.5 Å². The van der Waals surface area contributed by atoms with Crippen molar-refractivity contribution in [2.24, 2.45) is 0 Å². The van der Waals surface area contributed by atoms with E-state index in [4.69, 9.17) is 21.1 Å². The summed E-state index contributed by atoms with van der Waals surface area (Å²) < 4.78 is 11.3. The van der Waals surface area contributed by atoms with Crippen molar-refractivity contribution in [3.63, 3.8) is 0 Å². The molecule has 1 aliphatic rings. The van der Waals surface area contributed by atoms with Crippen LogP contribution in [0.1, 0.15) is 30.1 Å². The molecule has 1 aliphatic heterocycles. The molecule has 1 aromatic rings. The quantitative estimate of drug-likeness (QED) is 0.789. The Labute approximate surface area is 150 Å². The van der Waals surface area contributed by atoms with Crippen LogP contribution in [0.4, 0.5) is 0 Å². The molecule has 0 aromatic heterocycles. The van der Waals surface area contributed by atoms with E-state index < -0.39 is 0 Å². The van der Waals surface area contributed by atoms with Crippen LogP contribution >= 0.6 is 27.5 Å². The third-order valence-corrected chi connectivity index (χ3v) is 5.05. The minimum Gasteiger partial charge on any atom is -0.495 e. The zero-order chi connectivity index (χ0) is 17.0. The number of hydrogen-bond acceptors (Lipinski definition) is 4. The van der Waals surface area contributed by atoms with Gasteiger partial charge in [-0.05, 0) is 47.9 Å². The van der Waals surface area contributed by atoms with Crippen molar-refractivity contribution >= 4 is 33.4 Å². The number of benzene rings is 1. The molecule has 2 rings (SSSR count). The lowest BCUT2D eigenvalue weighted by Gasteiger charge is -2.23. The molecule has 1 saturated heterocycles. The number of carbonyl (C=O) groups is 1. The van der Waals surface area contributed by atoms with E-state index in [2.05, 4.69) is 33.1 Å². The van der Waals surface area contributed by atoms with Gasteiger partial charge >= 0.3 is 0 Å². The molecule has 1 atom stereocenters. The van der Waals surface area contributed by atoms with E-state index in [1.807, 2.05) is 0 Å². The lowest BCUT2D eigenvalue weighted by molar-refractivity contribution is 0.0935. The van der Waals surface area contributed by atoms with Crippen molar-refractivity contribution in [1.29, 1.82) is 0 Å². The molecule has 1 amide bonds. The van der Waals surface area contributed by atoms with Crippen molar-refractivity contribution < 1.29 is 14.3 Å². The molecular formula is C16H22BrClN2O3. The maximum Gasteiger partial charge on any atom is 0.259 e. The Balaban J connectivity index is 2.21. The Morgan fingerprint density at radius 2 is 2.13 bits per heavy atom. The SMILES string of the molecule is CCN1CCC[C@@H]1CNC(=O)c1c(OC)c(Cl)cc(Br)c1OC. The van der Waals surface area contributed by atoms with E-state index in [0.717, 1.165) is 19.5 Å². The summed E-state index contributed by atoms with van der Waals surface area (Å²) in [6.07, 6.45) is 2.27. The molecule has 7 heteroatoms. The van der Waals surface area contributed by atoms with Gasteiger partial charge in [-0.25, -0.2) is 0 Å². The molecule has 0 spiro atoms. The third kappa shape index (κ3) is 3.92. The number of amides is 1. The first-order valence-corrected chi connectivity index (χ1v) is 8.82. The van der Waals surface area contributed by atoms with Gasteiger partial charge < -0.3 is 14.8 Å². The van der Waals surface area contributed by atoms with Crippen molar-refractivity contribution in [2.45, 2.75) is 25.8 Å². The molecular weight excluding hydrogens is 384 g/mol. The molecule has 128 valence electrons. The first-order valence-electron chi connectivity index (χ1n) is 7.65. The minimum atomic E-state index is -0.246. The molecule has 23 heavy (non-hydrogen) atoms. The summed E-state index contributed by atoms with van der Waals surface area (Å²) >= 11 is 9.56. The van der Waals surface area contributed by atoms with Crippen LogP contribution in [0.5, 0.6) is 11.5 Å². The van der Waals surface area contributed by atoms with E-state index in [1.54, 1.807) is 6.07 Å². The van der Waals surface area contributed by atoms with Gasteiger partial charge in [0.1, 0.15) is 11.3 Å². The fourth-order valence-electron chi connectivity index (χ4n) is 3.03. The molecule has 1 N–H and O–H groups in total. The number of methoxy groups -OCH3 is 2. The summed E-state index contributed by atoms with van der Waals surface area (Å²) in [5.41, 5.74) is 0.315. The molecule has 1 heterocycles. The van der Waals surface area contributed by atoms with Gasteiger partial charge in [-0.15, -0.1) is 0 Å². The van der Waals surface area contributed by atoms with E-state index in [0.29, 0.717) is 39.1 Å². The monoisotopic (exact) mass is 404 g/mol. The summed E-state index contributed by atoms with van der Waals surface area (Å²) in [4.78, 5) is 15.1. The highest BCUT2D eigenvalue weighted by Crippen LogP contribution is 2.41. The van der Waals surface area contributed by atoms with Crippen LogP contribution in [0.2, 0.25) is 5.02 Å². The van der Waals surface area contributed by atoms with Crippen LogP contribution in [0, 0.1) is 0 Å². The molecule has 0 saturated carbocycles. The number of rotatable bonds is 6. The second kappa shape index (κ2) is 8.22. The molecule has 0 unspecified atom stereocenters. The van der Waals surface area contributed by atoms with Crippen LogP contribution in [0.15, 0.2) is 10.5 Å². The number of likely N-dealkylation sites (N-methyl/N-ethyl adjacent to an activating group) is 1. The number of nitrogens with one attached hydrogen (secondary N) is 1. The van der Waals surface area contributed by atoms with Crippen LogP contribution in [0.25, 0.3) is 0 Å². The van der Waals surface area contributed by atoms with Gasteiger partial charge in [0.2, 0.25) is 0 Å². The Morgan fingerprint density at radius 1 is 1.43 bits per heavy atom. The highest BCUT2D eigenvalue weighted by Gasteiger charge is 2.27. The van der Waals surface area contributed by atoms with Crippen molar-refractivity contribution in [1.82, 2.24) is 10.2 Å². The highest BCUT2D eigenvalue weighted by atomic mass is 79.9. The topological polar surface area (TPSA) is 50.8 Å². The maximum absolute atomic E-state index is 12.7. The number of carbonyl (C=O) groups excluding carboxylic acids is 1. The van der Waals surface area contributed by atoms with Crippen LogP contribution < -0.4 is 14.8 Å². The number of nitrogens with zero attached hydrogens (tertiary/aromatic N) is 1. The first kappa shape index (κ1) is 18.4. The van der Waals surface area contributed by atoms with Gasteiger partial charge in [-0.3, -0.25) is 9.69 Å². The van der Waals surface area contributed by atoms with E-state index in [9.17, 15) is 4.79 Å². The number of halogens is 2. The molecule has 5 nitrogen and oxygen atoms in total. The van der Waals surface area contributed by atoms with Crippen LogP contribution in [-0.4, -0.2) is 50.7 Å². The fraction of sp³-hybridized carbons (Fsp3) is 0.562. The molecule has 0 aliphatic carbocycles. The lowest BCUT2D eigenvalue weighted by Crippen LogP contribution is -2.40. The summed E-state index contributed by atoms with van der Waals surface area (Å²) in [5, 5.41) is 3.35. The number of ether oxygens (including phenoxy) is 2. The third-order valence-electron chi connectivity index (χ3n) is 4.18. The second-order valence-corrected chi connectivity index (χ2v) is 6.68. The Kier molecular flexibility index (Phi) is 6.56. The number of hydrogen-bond donors (Lipinski definition) is 1. The zero-order valence-electron chi connectivity index (χ0n) is 13.6.